The molecule has 0 saturated carbocycles. The van der Waals surface area contributed by atoms with Crippen molar-refractivity contribution < 1.29 is 17.6 Å². The first-order chi connectivity index (χ1) is 14.9. The number of nitrogens with zero attached hydrogens (tertiary/aromatic N) is 2. The third-order valence-electron chi connectivity index (χ3n) is 5.44. The van der Waals surface area contributed by atoms with Gasteiger partial charge >= 0.3 is 0 Å². The van der Waals surface area contributed by atoms with Gasteiger partial charge in [0.2, 0.25) is 15.9 Å². The lowest BCUT2D eigenvalue weighted by molar-refractivity contribution is -0.119. The molecule has 1 atom stereocenters. The fourth-order valence-electron chi connectivity index (χ4n) is 3.94. The second-order valence-corrected chi connectivity index (χ2v) is 9.60. The van der Waals surface area contributed by atoms with E-state index in [4.69, 9.17) is 0 Å². The average Bonchev–Trinajstić information content (AvgIpc) is 3.10. The smallest absolute Gasteiger partial charge is 0.243 e. The third kappa shape index (κ3) is 4.38. The van der Waals surface area contributed by atoms with E-state index in [1.54, 1.807) is 4.90 Å². The van der Waals surface area contributed by atoms with Crippen LogP contribution in [0.4, 0.5) is 10.1 Å². The Balaban J connectivity index is 1.66. The van der Waals surface area contributed by atoms with Gasteiger partial charge in [-0.25, -0.2) is 12.8 Å². The van der Waals surface area contributed by atoms with Crippen molar-refractivity contribution in [2.45, 2.75) is 30.8 Å². The molecule has 5 nitrogen and oxygen atoms in total. The predicted octanol–water partition coefficient (Wildman–Crippen LogP) is 3.99. The van der Waals surface area contributed by atoms with Gasteiger partial charge < -0.3 is 4.90 Å². The number of rotatable bonds is 6. The number of hydrogen-bond donors (Lipinski definition) is 0. The zero-order valence-corrected chi connectivity index (χ0v) is 17.9. The molecular formula is C24H23FN2O3S. The molecule has 4 rings (SSSR count). The van der Waals surface area contributed by atoms with Gasteiger partial charge in [-0.3, -0.25) is 4.79 Å². The second kappa shape index (κ2) is 8.61. The fourth-order valence-corrected chi connectivity index (χ4v) is 5.32. The molecule has 0 fully saturated rings. The number of sulfonamides is 1. The minimum Gasteiger partial charge on any atom is -0.308 e. The molecule has 1 aliphatic rings. The molecule has 1 heterocycles. The Labute approximate surface area is 181 Å². The number of para-hydroxylation sites is 1. The van der Waals surface area contributed by atoms with E-state index in [0.29, 0.717) is 0 Å². The van der Waals surface area contributed by atoms with Gasteiger partial charge in [0.05, 0.1) is 11.4 Å². The van der Waals surface area contributed by atoms with Crippen molar-refractivity contribution >= 4 is 21.6 Å². The van der Waals surface area contributed by atoms with Gasteiger partial charge in [0.15, 0.2) is 0 Å². The first kappa shape index (κ1) is 21.2. The average molecular weight is 439 g/mol. The highest BCUT2D eigenvalue weighted by molar-refractivity contribution is 7.89. The van der Waals surface area contributed by atoms with E-state index in [9.17, 15) is 17.6 Å². The first-order valence-corrected chi connectivity index (χ1v) is 11.5. The third-order valence-corrected chi connectivity index (χ3v) is 7.25. The number of carbonyl (C=O) groups excluding carboxylic acids is 1. The zero-order valence-electron chi connectivity index (χ0n) is 17.1. The number of fused-ring (bicyclic) bond motifs is 1. The van der Waals surface area contributed by atoms with E-state index in [-0.39, 0.29) is 29.9 Å². The summed E-state index contributed by atoms with van der Waals surface area (Å²) in [5.74, 6) is -0.814. The zero-order chi connectivity index (χ0) is 22.0. The number of amides is 1. The van der Waals surface area contributed by atoms with Crippen LogP contribution in [0.3, 0.4) is 0 Å². The van der Waals surface area contributed by atoms with Gasteiger partial charge in [-0.1, -0.05) is 48.5 Å². The molecule has 7 heteroatoms. The SMILES string of the molecule is C[C@H]1Cc2ccccc2N1C(=O)CN(Cc1ccccc1)S(=O)(=O)c1ccc(F)cc1. The largest absolute Gasteiger partial charge is 0.308 e. The molecular weight excluding hydrogens is 415 g/mol. The topological polar surface area (TPSA) is 57.7 Å². The van der Waals surface area contributed by atoms with Crippen LogP contribution in [0.1, 0.15) is 18.1 Å². The van der Waals surface area contributed by atoms with Crippen LogP contribution >= 0.6 is 0 Å². The van der Waals surface area contributed by atoms with E-state index in [1.165, 1.54) is 12.1 Å². The van der Waals surface area contributed by atoms with E-state index in [2.05, 4.69) is 0 Å². The van der Waals surface area contributed by atoms with Crippen LogP contribution < -0.4 is 4.90 Å². The van der Waals surface area contributed by atoms with Crippen molar-refractivity contribution in [3.63, 3.8) is 0 Å². The van der Waals surface area contributed by atoms with Gasteiger partial charge in [-0.15, -0.1) is 0 Å². The van der Waals surface area contributed by atoms with Gasteiger partial charge in [-0.2, -0.15) is 4.31 Å². The molecule has 3 aromatic rings. The van der Waals surface area contributed by atoms with E-state index >= 15 is 0 Å². The molecule has 1 aliphatic heterocycles. The normalized spacial score (nSPS) is 15.8. The molecule has 31 heavy (non-hydrogen) atoms. The number of halogens is 1. The summed E-state index contributed by atoms with van der Waals surface area (Å²) in [4.78, 5) is 14.9. The van der Waals surface area contributed by atoms with Gasteiger partial charge in [-0.05, 0) is 54.8 Å². The molecule has 0 radical (unpaired) electrons. The molecule has 0 spiro atoms. The standard InChI is InChI=1S/C24H23FN2O3S/c1-18-15-20-9-5-6-10-23(20)27(18)24(28)17-26(16-19-7-3-2-4-8-19)31(29,30)22-13-11-21(25)12-14-22/h2-14,18H,15-17H2,1H3/t18-/m0/s1. The summed E-state index contributed by atoms with van der Waals surface area (Å²) in [7, 11) is -4.02. The molecule has 0 unspecified atom stereocenters. The second-order valence-electron chi connectivity index (χ2n) is 7.66. The highest BCUT2D eigenvalue weighted by atomic mass is 32.2. The highest BCUT2D eigenvalue weighted by Crippen LogP contribution is 2.32. The summed E-state index contributed by atoms with van der Waals surface area (Å²) in [6.07, 6.45) is 0.727. The lowest BCUT2D eigenvalue weighted by Gasteiger charge is -2.27. The summed E-state index contributed by atoms with van der Waals surface area (Å²) >= 11 is 0. The Kier molecular flexibility index (Phi) is 5.89. The van der Waals surface area contributed by atoms with E-state index in [1.807, 2.05) is 61.5 Å². The molecule has 0 aliphatic carbocycles. The number of hydrogen-bond acceptors (Lipinski definition) is 3. The maximum Gasteiger partial charge on any atom is 0.243 e. The van der Waals surface area contributed by atoms with Gasteiger partial charge in [0, 0.05) is 18.3 Å². The van der Waals surface area contributed by atoms with Crippen LogP contribution in [0.5, 0.6) is 0 Å². The van der Waals surface area contributed by atoms with Crippen LogP contribution in [0.15, 0.2) is 83.8 Å². The Hall–Kier alpha value is -3.03. The van der Waals surface area contributed by atoms with Crippen molar-refractivity contribution in [2.24, 2.45) is 0 Å². The quantitative estimate of drug-likeness (QED) is 0.585. The first-order valence-electron chi connectivity index (χ1n) is 10.1. The van der Waals surface area contributed by atoms with Crippen molar-refractivity contribution in [3.05, 3.63) is 95.8 Å². The van der Waals surface area contributed by atoms with E-state index in [0.717, 1.165) is 39.7 Å². The predicted molar refractivity (Wildman–Crippen MR) is 118 cm³/mol. The maximum atomic E-state index is 13.4. The van der Waals surface area contributed by atoms with Crippen LogP contribution in [0, 0.1) is 5.82 Å². The Morgan fingerprint density at radius 2 is 1.65 bits per heavy atom. The summed E-state index contributed by atoms with van der Waals surface area (Å²) in [5.41, 5.74) is 2.65. The highest BCUT2D eigenvalue weighted by Gasteiger charge is 2.34. The Bertz CT molecular complexity index is 1180. The van der Waals surface area contributed by atoms with Crippen LogP contribution in [0.25, 0.3) is 0 Å². The fraction of sp³-hybridized carbons (Fsp3) is 0.208. The summed E-state index contributed by atoms with van der Waals surface area (Å²) < 4.78 is 41.2. The lowest BCUT2D eigenvalue weighted by Crippen LogP contribution is -2.44. The summed E-state index contributed by atoms with van der Waals surface area (Å²) in [6.45, 7) is 1.68. The minimum absolute atomic E-state index is 0.0379. The van der Waals surface area contributed by atoms with Crippen LogP contribution in [-0.2, 0) is 27.8 Å². The minimum atomic E-state index is -4.02. The molecule has 0 bridgehead atoms. The van der Waals surface area contributed by atoms with Crippen molar-refractivity contribution in [3.8, 4) is 0 Å². The van der Waals surface area contributed by atoms with Crippen LogP contribution in [-0.4, -0.2) is 31.2 Å². The Morgan fingerprint density at radius 3 is 2.35 bits per heavy atom. The number of carbonyl (C=O) groups is 1. The van der Waals surface area contributed by atoms with Crippen molar-refractivity contribution in [2.75, 3.05) is 11.4 Å². The molecule has 1 amide bonds. The van der Waals surface area contributed by atoms with Crippen molar-refractivity contribution in [1.29, 1.82) is 0 Å². The van der Waals surface area contributed by atoms with Gasteiger partial charge in [0.1, 0.15) is 5.82 Å². The monoisotopic (exact) mass is 438 g/mol. The lowest BCUT2D eigenvalue weighted by atomic mass is 10.1. The van der Waals surface area contributed by atoms with Crippen molar-refractivity contribution in [1.82, 2.24) is 4.31 Å². The molecule has 160 valence electrons. The van der Waals surface area contributed by atoms with E-state index < -0.39 is 15.8 Å². The van der Waals surface area contributed by atoms with Gasteiger partial charge in [0.25, 0.3) is 0 Å². The maximum absolute atomic E-state index is 13.4. The van der Waals surface area contributed by atoms with Crippen LogP contribution in [0.2, 0.25) is 0 Å². The molecule has 3 aromatic carbocycles. The molecule has 0 aromatic heterocycles. The molecule has 0 saturated heterocycles. The molecule has 0 N–H and O–H groups in total. The number of anilines is 1. The number of benzene rings is 3. The Morgan fingerprint density at radius 1 is 1.00 bits per heavy atom. The summed E-state index contributed by atoms with van der Waals surface area (Å²) in [6, 6.07) is 21.4. The summed E-state index contributed by atoms with van der Waals surface area (Å²) in [5, 5.41) is 0.